The molecule has 0 saturated heterocycles. The molecule has 1 amide bonds. The van der Waals surface area contributed by atoms with Crippen molar-refractivity contribution in [2.45, 2.75) is 17.3 Å². The standard InChI is InChI=1S/C24H17N5O2S2/c1-12(22(30)27-23-25-17-10-9-14(31-2)11-18(17)33-23)32-24-26-20-15-7-3-5-13-6-4-8-16(19(13)15)21(20)28-29-24/h3-12H,1-2H3,(H,25,27,30). The molecule has 1 N–H and O–H groups in total. The Hall–Kier alpha value is -3.56. The van der Waals surface area contributed by atoms with Gasteiger partial charge in [0.2, 0.25) is 11.1 Å². The van der Waals surface area contributed by atoms with Crippen LogP contribution in [0.4, 0.5) is 5.13 Å². The van der Waals surface area contributed by atoms with Gasteiger partial charge in [-0.3, -0.25) is 4.79 Å². The maximum absolute atomic E-state index is 12.8. The Bertz CT molecular complexity index is 1560. The number of carbonyl (C=O) groups is 1. The highest BCUT2D eigenvalue weighted by Crippen LogP contribution is 2.45. The van der Waals surface area contributed by atoms with Crippen molar-refractivity contribution in [3.8, 4) is 28.3 Å². The summed E-state index contributed by atoms with van der Waals surface area (Å²) in [4.78, 5) is 22.1. The normalized spacial score (nSPS) is 12.7. The first-order valence-corrected chi connectivity index (χ1v) is 12.0. The van der Waals surface area contributed by atoms with Gasteiger partial charge in [0.15, 0.2) is 5.13 Å². The number of ether oxygens (including phenoxy) is 1. The molecular formula is C24H17N5O2S2. The first-order valence-electron chi connectivity index (χ1n) is 10.3. The fraction of sp³-hybridized carbons (Fsp3) is 0.125. The fourth-order valence-electron chi connectivity index (χ4n) is 3.97. The van der Waals surface area contributed by atoms with Crippen molar-refractivity contribution in [1.82, 2.24) is 20.2 Å². The number of nitrogens with one attached hydrogen (secondary N) is 1. The number of nitrogens with zero attached hydrogens (tertiary/aromatic N) is 4. The summed E-state index contributed by atoms with van der Waals surface area (Å²) in [5, 5.41) is 14.5. The van der Waals surface area contributed by atoms with E-state index in [2.05, 4.69) is 38.7 Å². The summed E-state index contributed by atoms with van der Waals surface area (Å²) in [5.74, 6) is 0.590. The van der Waals surface area contributed by atoms with Crippen molar-refractivity contribution in [1.29, 1.82) is 0 Å². The lowest BCUT2D eigenvalue weighted by molar-refractivity contribution is -0.115. The van der Waals surface area contributed by atoms with Crippen molar-refractivity contribution in [2.24, 2.45) is 0 Å². The van der Waals surface area contributed by atoms with Crippen molar-refractivity contribution in [3.05, 3.63) is 54.6 Å². The van der Waals surface area contributed by atoms with Crippen LogP contribution in [-0.4, -0.2) is 38.4 Å². The monoisotopic (exact) mass is 471 g/mol. The number of thioether (sulfide) groups is 1. The molecule has 1 aliphatic carbocycles. The number of rotatable bonds is 5. The average molecular weight is 472 g/mol. The molecule has 162 valence electrons. The van der Waals surface area contributed by atoms with Gasteiger partial charge in [-0.25, -0.2) is 9.97 Å². The lowest BCUT2D eigenvalue weighted by Gasteiger charge is -2.09. The van der Waals surface area contributed by atoms with E-state index in [9.17, 15) is 4.79 Å². The van der Waals surface area contributed by atoms with Crippen LogP contribution in [0.1, 0.15) is 6.92 Å². The minimum absolute atomic E-state index is 0.166. The number of aromatic nitrogens is 4. The van der Waals surface area contributed by atoms with Gasteiger partial charge in [0, 0.05) is 16.5 Å². The number of anilines is 1. The molecule has 2 heterocycles. The molecule has 7 nitrogen and oxygen atoms in total. The molecule has 1 aliphatic rings. The molecule has 1 atom stereocenters. The van der Waals surface area contributed by atoms with E-state index in [1.165, 1.54) is 23.1 Å². The zero-order valence-electron chi connectivity index (χ0n) is 17.7. The predicted octanol–water partition coefficient (Wildman–Crippen LogP) is 5.41. The number of carbonyl (C=O) groups excluding carboxylic acids is 1. The Kier molecular flexibility index (Phi) is 4.74. The summed E-state index contributed by atoms with van der Waals surface area (Å²) in [6.07, 6.45) is 0. The highest BCUT2D eigenvalue weighted by atomic mass is 32.2. The topological polar surface area (TPSA) is 89.9 Å². The van der Waals surface area contributed by atoms with Crippen LogP contribution in [0.3, 0.4) is 0 Å². The molecule has 5 aromatic rings. The van der Waals surface area contributed by atoms with Gasteiger partial charge < -0.3 is 10.1 Å². The number of benzene rings is 3. The van der Waals surface area contributed by atoms with Crippen LogP contribution in [0.2, 0.25) is 0 Å². The van der Waals surface area contributed by atoms with Gasteiger partial charge in [0.05, 0.1) is 22.6 Å². The second kappa shape index (κ2) is 7.79. The van der Waals surface area contributed by atoms with Crippen LogP contribution in [0.15, 0.2) is 59.8 Å². The number of thiazole rings is 1. The summed E-state index contributed by atoms with van der Waals surface area (Å²) >= 11 is 2.69. The summed E-state index contributed by atoms with van der Waals surface area (Å²) in [5.41, 5.74) is 4.52. The number of methoxy groups -OCH3 is 1. The quantitative estimate of drug-likeness (QED) is 0.336. The lowest BCUT2D eigenvalue weighted by atomic mass is 10.0. The number of hydrogen-bond donors (Lipinski definition) is 1. The zero-order valence-corrected chi connectivity index (χ0v) is 19.3. The van der Waals surface area contributed by atoms with Gasteiger partial charge in [0.1, 0.15) is 17.1 Å². The third-order valence-electron chi connectivity index (χ3n) is 5.56. The zero-order chi connectivity index (χ0) is 22.5. The van der Waals surface area contributed by atoms with Crippen LogP contribution in [0.5, 0.6) is 5.75 Å². The van der Waals surface area contributed by atoms with Crippen LogP contribution in [0.25, 0.3) is 43.5 Å². The van der Waals surface area contributed by atoms with E-state index in [1.807, 2.05) is 43.3 Å². The van der Waals surface area contributed by atoms with E-state index < -0.39 is 5.25 Å². The second-order valence-electron chi connectivity index (χ2n) is 7.60. The van der Waals surface area contributed by atoms with Crippen LogP contribution in [-0.2, 0) is 4.79 Å². The minimum atomic E-state index is -0.425. The molecule has 0 saturated carbocycles. The van der Waals surface area contributed by atoms with E-state index in [1.54, 1.807) is 7.11 Å². The summed E-state index contributed by atoms with van der Waals surface area (Å²) in [7, 11) is 1.62. The van der Waals surface area contributed by atoms with Gasteiger partial charge in [-0.15, -0.1) is 10.2 Å². The fourth-order valence-corrected chi connectivity index (χ4v) is 5.58. The largest absolute Gasteiger partial charge is 0.497 e. The molecule has 0 aliphatic heterocycles. The lowest BCUT2D eigenvalue weighted by Crippen LogP contribution is -2.22. The van der Waals surface area contributed by atoms with Crippen molar-refractivity contribution >= 4 is 55.1 Å². The molecule has 0 bridgehead atoms. The van der Waals surface area contributed by atoms with Crippen LogP contribution in [0, 0.1) is 0 Å². The molecule has 9 heteroatoms. The molecule has 6 rings (SSSR count). The third kappa shape index (κ3) is 3.40. The van der Waals surface area contributed by atoms with Crippen LogP contribution < -0.4 is 10.1 Å². The van der Waals surface area contributed by atoms with Crippen molar-refractivity contribution in [3.63, 3.8) is 0 Å². The van der Waals surface area contributed by atoms with E-state index in [4.69, 9.17) is 9.72 Å². The van der Waals surface area contributed by atoms with E-state index in [0.717, 1.165) is 49.3 Å². The Morgan fingerprint density at radius 2 is 1.82 bits per heavy atom. The smallest absolute Gasteiger partial charge is 0.239 e. The SMILES string of the molecule is COc1ccc2nc(NC(=O)C(C)Sc3nnc4c(n3)-c3cccc5cccc-4c35)sc2c1. The highest BCUT2D eigenvalue weighted by Gasteiger charge is 2.26. The minimum Gasteiger partial charge on any atom is -0.497 e. The molecule has 0 fully saturated rings. The average Bonchev–Trinajstić information content (AvgIpc) is 3.38. The Morgan fingerprint density at radius 3 is 2.61 bits per heavy atom. The summed E-state index contributed by atoms with van der Waals surface area (Å²) < 4.78 is 6.21. The van der Waals surface area contributed by atoms with Crippen LogP contribution >= 0.6 is 23.1 Å². The summed E-state index contributed by atoms with van der Waals surface area (Å²) in [6.45, 7) is 1.82. The van der Waals surface area contributed by atoms with Crippen molar-refractivity contribution in [2.75, 3.05) is 12.4 Å². The van der Waals surface area contributed by atoms with Gasteiger partial charge in [-0.05, 0) is 30.5 Å². The molecular weight excluding hydrogens is 454 g/mol. The molecule has 1 unspecified atom stereocenters. The van der Waals surface area contributed by atoms with Crippen molar-refractivity contribution < 1.29 is 9.53 Å². The summed E-state index contributed by atoms with van der Waals surface area (Å²) in [6, 6.07) is 17.9. The maximum atomic E-state index is 12.8. The van der Waals surface area contributed by atoms with E-state index in [0.29, 0.717) is 10.3 Å². The predicted molar refractivity (Wildman–Crippen MR) is 132 cm³/mol. The van der Waals surface area contributed by atoms with Gasteiger partial charge in [-0.2, -0.15) is 0 Å². The molecule has 3 aromatic carbocycles. The number of hydrogen-bond acceptors (Lipinski definition) is 8. The Balaban J connectivity index is 1.22. The highest BCUT2D eigenvalue weighted by molar-refractivity contribution is 8.00. The third-order valence-corrected chi connectivity index (χ3v) is 7.44. The maximum Gasteiger partial charge on any atom is 0.239 e. The first kappa shape index (κ1) is 20.1. The second-order valence-corrected chi connectivity index (χ2v) is 9.94. The van der Waals surface area contributed by atoms with Gasteiger partial charge in [0.25, 0.3) is 0 Å². The van der Waals surface area contributed by atoms with Gasteiger partial charge >= 0.3 is 0 Å². The molecule has 0 spiro atoms. The first-order chi connectivity index (χ1) is 16.1. The Labute approximate surface area is 197 Å². The molecule has 0 radical (unpaired) electrons. The van der Waals surface area contributed by atoms with E-state index in [-0.39, 0.29) is 5.91 Å². The number of amides is 1. The van der Waals surface area contributed by atoms with Gasteiger partial charge in [-0.1, -0.05) is 59.5 Å². The molecule has 2 aromatic heterocycles. The Morgan fingerprint density at radius 1 is 1.03 bits per heavy atom. The van der Waals surface area contributed by atoms with E-state index >= 15 is 0 Å². The number of fused-ring (bicyclic) bond motifs is 4. The molecule has 33 heavy (non-hydrogen) atoms.